The second kappa shape index (κ2) is 4.80. The van der Waals surface area contributed by atoms with Gasteiger partial charge in [-0.05, 0) is 17.7 Å². The predicted molar refractivity (Wildman–Crippen MR) is 57.5 cm³/mol. The van der Waals surface area contributed by atoms with Crippen LogP contribution in [0.5, 0.6) is 0 Å². The molecule has 0 saturated heterocycles. The first-order valence-electron chi connectivity index (χ1n) is 4.56. The van der Waals surface area contributed by atoms with Gasteiger partial charge >= 0.3 is 0 Å². The Morgan fingerprint density at radius 3 is 2.75 bits per heavy atom. The average molecular weight is 237 g/mol. The summed E-state index contributed by atoms with van der Waals surface area (Å²) in [5.41, 5.74) is 1.13. The maximum atomic E-state index is 12.6. The number of carbonyl (C=O) groups excluding carboxylic acids is 1. The van der Waals surface area contributed by atoms with E-state index in [1.54, 1.807) is 12.1 Å². The van der Waals surface area contributed by atoms with E-state index in [1.807, 2.05) is 0 Å². The highest BCUT2D eigenvalue weighted by molar-refractivity contribution is 6.99. The molecule has 1 aromatic carbocycles. The highest BCUT2D eigenvalue weighted by Gasteiger charge is 2.07. The first-order valence-corrected chi connectivity index (χ1v) is 5.29. The molecule has 0 saturated carbocycles. The van der Waals surface area contributed by atoms with Gasteiger partial charge in [0.05, 0.1) is 17.9 Å². The Morgan fingerprint density at radius 2 is 2.12 bits per heavy atom. The molecule has 1 aromatic heterocycles. The highest BCUT2D eigenvalue weighted by atomic mass is 32.1. The lowest BCUT2D eigenvalue weighted by atomic mass is 10.2. The van der Waals surface area contributed by atoms with Gasteiger partial charge in [-0.1, -0.05) is 12.1 Å². The number of hydrogen-bond acceptors (Lipinski definition) is 4. The zero-order valence-corrected chi connectivity index (χ0v) is 9.00. The molecule has 16 heavy (non-hydrogen) atoms. The third-order valence-corrected chi connectivity index (χ3v) is 2.44. The molecule has 1 N–H and O–H groups in total. The summed E-state index contributed by atoms with van der Waals surface area (Å²) in [5.74, 6) is -0.572. The first-order chi connectivity index (χ1) is 7.75. The van der Waals surface area contributed by atoms with E-state index in [-0.39, 0.29) is 11.7 Å². The van der Waals surface area contributed by atoms with E-state index in [0.29, 0.717) is 12.2 Å². The summed E-state index contributed by atoms with van der Waals surface area (Å²) < 4.78 is 20.1. The molecule has 0 aliphatic rings. The fourth-order valence-electron chi connectivity index (χ4n) is 1.14. The number of amides is 1. The Balaban J connectivity index is 1.93. The summed E-state index contributed by atoms with van der Waals surface area (Å²) in [6, 6.07) is 5.95. The smallest absolute Gasteiger partial charge is 0.272 e. The molecule has 4 nitrogen and oxygen atoms in total. The lowest BCUT2D eigenvalue weighted by Gasteiger charge is -2.02. The van der Waals surface area contributed by atoms with Crippen LogP contribution in [-0.2, 0) is 6.54 Å². The minimum atomic E-state index is -0.293. The van der Waals surface area contributed by atoms with Gasteiger partial charge in [0.1, 0.15) is 5.82 Å². The van der Waals surface area contributed by atoms with Gasteiger partial charge in [-0.25, -0.2) is 4.39 Å². The molecular weight excluding hydrogens is 229 g/mol. The molecule has 0 atom stereocenters. The Labute approximate surface area is 95.5 Å². The van der Waals surface area contributed by atoms with E-state index >= 15 is 0 Å². The number of rotatable bonds is 3. The minimum absolute atomic E-state index is 0.280. The van der Waals surface area contributed by atoms with Crippen LogP contribution in [0, 0.1) is 5.82 Å². The quantitative estimate of drug-likeness (QED) is 0.882. The lowest BCUT2D eigenvalue weighted by Crippen LogP contribution is -2.22. The summed E-state index contributed by atoms with van der Waals surface area (Å²) in [4.78, 5) is 11.5. The van der Waals surface area contributed by atoms with Crippen molar-refractivity contribution in [3.63, 3.8) is 0 Å². The molecule has 0 spiro atoms. The van der Waals surface area contributed by atoms with E-state index in [4.69, 9.17) is 0 Å². The van der Waals surface area contributed by atoms with Gasteiger partial charge in [0, 0.05) is 6.54 Å². The molecule has 0 radical (unpaired) electrons. The van der Waals surface area contributed by atoms with Crippen LogP contribution >= 0.6 is 11.7 Å². The van der Waals surface area contributed by atoms with Crippen molar-refractivity contribution in [3.05, 3.63) is 47.5 Å². The second-order valence-electron chi connectivity index (χ2n) is 3.10. The number of aromatic nitrogens is 2. The zero-order chi connectivity index (χ0) is 11.4. The SMILES string of the molecule is O=C(NCc1ccc(F)cc1)c1cnsn1. The average Bonchev–Trinajstić information content (AvgIpc) is 2.81. The van der Waals surface area contributed by atoms with Crippen molar-refractivity contribution < 1.29 is 9.18 Å². The Morgan fingerprint density at radius 1 is 1.38 bits per heavy atom. The van der Waals surface area contributed by atoms with Crippen molar-refractivity contribution >= 4 is 17.6 Å². The fraction of sp³-hybridized carbons (Fsp3) is 0.100. The molecule has 1 heterocycles. The maximum Gasteiger partial charge on any atom is 0.272 e. The van der Waals surface area contributed by atoms with E-state index in [0.717, 1.165) is 17.3 Å². The largest absolute Gasteiger partial charge is 0.347 e. The summed E-state index contributed by atoms with van der Waals surface area (Å²) in [6.45, 7) is 0.344. The van der Waals surface area contributed by atoms with Crippen molar-refractivity contribution in [2.45, 2.75) is 6.54 Å². The predicted octanol–water partition coefficient (Wildman–Crippen LogP) is 1.61. The molecule has 0 fully saturated rings. The monoisotopic (exact) mass is 237 g/mol. The van der Waals surface area contributed by atoms with Crippen LogP contribution in [0.25, 0.3) is 0 Å². The number of carbonyl (C=O) groups is 1. The molecule has 82 valence electrons. The van der Waals surface area contributed by atoms with Crippen LogP contribution in [0.1, 0.15) is 16.1 Å². The summed E-state index contributed by atoms with van der Waals surface area (Å²) in [7, 11) is 0. The summed E-state index contributed by atoms with van der Waals surface area (Å²) >= 11 is 0.981. The van der Waals surface area contributed by atoms with Crippen molar-refractivity contribution in [1.29, 1.82) is 0 Å². The van der Waals surface area contributed by atoms with Crippen LogP contribution in [0.3, 0.4) is 0 Å². The van der Waals surface area contributed by atoms with Gasteiger partial charge < -0.3 is 5.32 Å². The van der Waals surface area contributed by atoms with E-state index in [9.17, 15) is 9.18 Å². The molecule has 1 amide bonds. The highest BCUT2D eigenvalue weighted by Crippen LogP contribution is 2.03. The standard InChI is InChI=1S/C10H8FN3OS/c11-8-3-1-7(2-4-8)5-12-10(15)9-6-13-16-14-9/h1-4,6H,5H2,(H,12,15). The van der Waals surface area contributed by atoms with E-state index in [1.165, 1.54) is 18.3 Å². The second-order valence-corrected chi connectivity index (χ2v) is 3.66. The molecule has 2 aromatic rings. The minimum Gasteiger partial charge on any atom is -0.347 e. The Bertz CT molecular complexity index is 469. The van der Waals surface area contributed by atoms with Gasteiger partial charge in [-0.3, -0.25) is 4.79 Å². The third-order valence-electron chi connectivity index (χ3n) is 1.96. The van der Waals surface area contributed by atoms with Crippen molar-refractivity contribution in [1.82, 2.24) is 14.1 Å². The molecule has 0 unspecified atom stereocenters. The van der Waals surface area contributed by atoms with Crippen LogP contribution < -0.4 is 5.32 Å². The number of nitrogens with one attached hydrogen (secondary N) is 1. The van der Waals surface area contributed by atoms with Crippen molar-refractivity contribution in [2.75, 3.05) is 0 Å². The van der Waals surface area contributed by atoms with Gasteiger partial charge in [0.2, 0.25) is 0 Å². The normalized spacial score (nSPS) is 10.1. The van der Waals surface area contributed by atoms with Gasteiger partial charge in [-0.2, -0.15) is 8.75 Å². The number of hydrogen-bond donors (Lipinski definition) is 1. The molecule has 6 heteroatoms. The molecular formula is C10H8FN3OS. The number of halogens is 1. The molecule has 0 bridgehead atoms. The molecule has 2 rings (SSSR count). The van der Waals surface area contributed by atoms with E-state index in [2.05, 4.69) is 14.1 Å². The topological polar surface area (TPSA) is 54.9 Å². The van der Waals surface area contributed by atoms with Crippen LogP contribution in [0.2, 0.25) is 0 Å². The number of nitrogens with zero attached hydrogens (tertiary/aromatic N) is 2. The lowest BCUT2D eigenvalue weighted by molar-refractivity contribution is 0.0947. The Hall–Kier alpha value is -1.82. The zero-order valence-electron chi connectivity index (χ0n) is 8.18. The number of benzene rings is 1. The van der Waals surface area contributed by atoms with Gasteiger partial charge in [0.15, 0.2) is 5.69 Å². The van der Waals surface area contributed by atoms with Crippen LogP contribution in [0.15, 0.2) is 30.5 Å². The summed E-state index contributed by atoms with van der Waals surface area (Å²) in [5, 5.41) is 2.66. The van der Waals surface area contributed by atoms with E-state index < -0.39 is 0 Å². The first kappa shape index (κ1) is 10.7. The molecule has 0 aliphatic heterocycles. The molecule has 0 aliphatic carbocycles. The third kappa shape index (κ3) is 2.60. The maximum absolute atomic E-state index is 12.6. The Kier molecular flexibility index (Phi) is 3.21. The van der Waals surface area contributed by atoms with Crippen LogP contribution in [0.4, 0.5) is 4.39 Å². The fourth-order valence-corrected chi connectivity index (χ4v) is 1.55. The van der Waals surface area contributed by atoms with Gasteiger partial charge in [-0.15, -0.1) is 0 Å². The van der Waals surface area contributed by atoms with Gasteiger partial charge in [0.25, 0.3) is 5.91 Å². The van der Waals surface area contributed by atoms with Crippen LogP contribution in [-0.4, -0.2) is 14.7 Å². The summed E-state index contributed by atoms with van der Waals surface area (Å²) in [6.07, 6.45) is 1.41. The van der Waals surface area contributed by atoms with Crippen molar-refractivity contribution in [2.24, 2.45) is 0 Å². The van der Waals surface area contributed by atoms with Crippen molar-refractivity contribution in [3.8, 4) is 0 Å².